The van der Waals surface area contributed by atoms with Crippen LogP contribution in [0, 0.1) is 6.92 Å². The summed E-state index contributed by atoms with van der Waals surface area (Å²) in [6, 6.07) is 75.7. The summed E-state index contributed by atoms with van der Waals surface area (Å²) in [5.74, 6) is 0. The summed E-state index contributed by atoms with van der Waals surface area (Å²) in [4.78, 5) is 2.45. The molecule has 2 heteroatoms. The van der Waals surface area contributed by atoms with Gasteiger partial charge in [-0.25, -0.2) is 0 Å². The van der Waals surface area contributed by atoms with Crippen LogP contribution in [-0.2, 0) is 0 Å². The van der Waals surface area contributed by atoms with E-state index in [1.165, 1.54) is 97.1 Å². The van der Waals surface area contributed by atoms with Crippen LogP contribution < -0.4 is 4.90 Å². The van der Waals surface area contributed by atoms with Crippen molar-refractivity contribution in [3.63, 3.8) is 0 Å². The van der Waals surface area contributed by atoms with Crippen molar-refractivity contribution in [3.05, 3.63) is 212 Å². The lowest BCUT2D eigenvalue weighted by atomic mass is 9.96. The number of nitrogens with zero attached hydrogens (tertiary/aromatic N) is 1. The van der Waals surface area contributed by atoms with E-state index in [-0.39, 0.29) is 0 Å². The van der Waals surface area contributed by atoms with Gasteiger partial charge in [-0.15, -0.1) is 11.3 Å². The lowest BCUT2D eigenvalue weighted by Gasteiger charge is -2.27. The molecular weight excluding hydrogens is 707 g/mol. The zero-order valence-corrected chi connectivity index (χ0v) is 32.3. The van der Waals surface area contributed by atoms with Gasteiger partial charge in [-0.05, 0) is 127 Å². The molecule has 1 heterocycles. The Bertz CT molecular complexity index is 3280. The monoisotopic (exact) mass is 743 g/mol. The molecule has 0 bridgehead atoms. The maximum Gasteiger partial charge on any atom is 0.0646 e. The molecule has 268 valence electrons. The summed E-state index contributed by atoms with van der Waals surface area (Å²) in [5.41, 5.74) is 12.1. The zero-order chi connectivity index (χ0) is 37.9. The molecule has 0 aliphatic carbocycles. The van der Waals surface area contributed by atoms with E-state index in [1.807, 2.05) is 11.3 Å². The van der Waals surface area contributed by atoms with Crippen molar-refractivity contribution in [3.8, 4) is 33.4 Å². The summed E-state index contributed by atoms with van der Waals surface area (Å²) in [7, 11) is 0. The van der Waals surface area contributed by atoms with Crippen LogP contribution in [0.4, 0.5) is 17.1 Å². The largest absolute Gasteiger partial charge is 0.309 e. The number of benzene rings is 10. The molecule has 0 fully saturated rings. The second-order valence-corrected chi connectivity index (χ2v) is 16.0. The van der Waals surface area contributed by atoms with Crippen LogP contribution >= 0.6 is 11.3 Å². The predicted molar refractivity (Wildman–Crippen MR) is 248 cm³/mol. The second kappa shape index (κ2) is 13.6. The first kappa shape index (κ1) is 33.3. The molecule has 0 radical (unpaired) electrons. The van der Waals surface area contributed by atoms with Crippen LogP contribution in [0.25, 0.3) is 85.9 Å². The molecule has 11 aromatic rings. The molecule has 10 aromatic carbocycles. The molecule has 0 saturated heterocycles. The van der Waals surface area contributed by atoms with E-state index in [2.05, 4.69) is 218 Å². The van der Waals surface area contributed by atoms with E-state index in [4.69, 9.17) is 0 Å². The summed E-state index contributed by atoms with van der Waals surface area (Å²) in [5, 5.41) is 10.2. The highest BCUT2D eigenvalue weighted by atomic mass is 32.1. The molecule has 11 rings (SSSR count). The average molecular weight is 744 g/mol. The highest BCUT2D eigenvalue weighted by Gasteiger charge is 2.21. The summed E-state index contributed by atoms with van der Waals surface area (Å²) >= 11 is 1.91. The van der Waals surface area contributed by atoms with Crippen molar-refractivity contribution in [1.82, 2.24) is 0 Å². The van der Waals surface area contributed by atoms with E-state index >= 15 is 0 Å². The van der Waals surface area contributed by atoms with Crippen LogP contribution in [0.2, 0.25) is 0 Å². The molecule has 0 atom stereocenters. The SMILES string of the molecule is Cc1cccc2c1sc1c(N(c3ccc(-c4ccccc4)cc3)c3ccc(-c4ccc5cc(-c6ccc7ccccc7c6)ccc5c4)cc3)cc3ccccc3c12. The lowest BCUT2D eigenvalue weighted by molar-refractivity contribution is 1.30. The number of hydrogen-bond acceptors (Lipinski definition) is 2. The third-order valence-electron chi connectivity index (χ3n) is 11.5. The number of anilines is 3. The minimum Gasteiger partial charge on any atom is -0.309 e. The van der Waals surface area contributed by atoms with Crippen LogP contribution in [0.1, 0.15) is 5.56 Å². The standard InChI is InChI=1S/C55H37NS/c1-36-10-9-17-51-53-50-16-8-7-15-47(50)35-52(55(53)57-54(36)51)56(48-28-24-39(25-29-48)37-11-3-2-4-12-37)49-30-26-40(27-31-49)42-20-21-45-34-46(23-22-44(45)33-42)43-19-18-38-13-5-6-14-41(38)32-43/h2-35H,1H3. The van der Waals surface area contributed by atoms with Crippen LogP contribution in [0.5, 0.6) is 0 Å². The molecule has 0 unspecified atom stereocenters. The number of thiophene rings is 1. The Labute approximate surface area is 336 Å². The maximum absolute atomic E-state index is 2.45. The highest BCUT2D eigenvalue weighted by molar-refractivity contribution is 7.26. The topological polar surface area (TPSA) is 3.24 Å². The van der Waals surface area contributed by atoms with Crippen molar-refractivity contribution < 1.29 is 0 Å². The number of rotatable bonds is 6. The molecule has 0 amide bonds. The van der Waals surface area contributed by atoms with Crippen molar-refractivity contribution >= 4 is 80.9 Å². The first-order valence-electron chi connectivity index (χ1n) is 19.6. The van der Waals surface area contributed by atoms with Gasteiger partial charge in [0.05, 0.1) is 10.4 Å². The number of fused-ring (bicyclic) bond motifs is 7. The Kier molecular flexibility index (Phi) is 7.98. The van der Waals surface area contributed by atoms with Crippen molar-refractivity contribution in [1.29, 1.82) is 0 Å². The summed E-state index contributed by atoms with van der Waals surface area (Å²) in [6.07, 6.45) is 0. The first-order valence-corrected chi connectivity index (χ1v) is 20.4. The maximum atomic E-state index is 2.45. The van der Waals surface area contributed by atoms with E-state index in [0.717, 1.165) is 11.4 Å². The fraction of sp³-hybridized carbons (Fsp3) is 0.0182. The van der Waals surface area contributed by atoms with Gasteiger partial charge < -0.3 is 4.90 Å². The van der Waals surface area contributed by atoms with Crippen molar-refractivity contribution in [2.24, 2.45) is 0 Å². The molecule has 0 aliphatic rings. The zero-order valence-electron chi connectivity index (χ0n) is 31.5. The van der Waals surface area contributed by atoms with Crippen LogP contribution in [0.15, 0.2) is 206 Å². The molecule has 0 aliphatic heterocycles. The van der Waals surface area contributed by atoms with Crippen molar-refractivity contribution in [2.75, 3.05) is 4.90 Å². The third-order valence-corrected chi connectivity index (χ3v) is 12.9. The Morgan fingerprint density at radius 3 is 1.47 bits per heavy atom. The average Bonchev–Trinajstić information content (AvgIpc) is 3.68. The van der Waals surface area contributed by atoms with Gasteiger partial charge in [0.2, 0.25) is 0 Å². The Balaban J connectivity index is 1.02. The van der Waals surface area contributed by atoms with Gasteiger partial charge in [-0.2, -0.15) is 0 Å². The lowest BCUT2D eigenvalue weighted by Crippen LogP contribution is -2.10. The number of aryl methyl sites for hydroxylation is 1. The summed E-state index contributed by atoms with van der Waals surface area (Å²) in [6.45, 7) is 2.23. The second-order valence-electron chi connectivity index (χ2n) is 15.0. The van der Waals surface area contributed by atoms with Gasteiger partial charge in [0.25, 0.3) is 0 Å². The highest BCUT2D eigenvalue weighted by Crippen LogP contribution is 2.49. The number of hydrogen-bond donors (Lipinski definition) is 0. The van der Waals surface area contributed by atoms with E-state index in [1.54, 1.807) is 0 Å². The Morgan fingerprint density at radius 2 is 0.807 bits per heavy atom. The fourth-order valence-electron chi connectivity index (χ4n) is 8.57. The van der Waals surface area contributed by atoms with Gasteiger partial charge >= 0.3 is 0 Å². The molecule has 0 spiro atoms. The van der Waals surface area contributed by atoms with Gasteiger partial charge in [0.15, 0.2) is 0 Å². The van der Waals surface area contributed by atoms with Crippen LogP contribution in [0.3, 0.4) is 0 Å². The predicted octanol–water partition coefficient (Wildman–Crippen LogP) is 16.3. The molecular formula is C55H37NS. The van der Waals surface area contributed by atoms with E-state index < -0.39 is 0 Å². The molecule has 1 aromatic heterocycles. The normalized spacial score (nSPS) is 11.6. The van der Waals surface area contributed by atoms with Gasteiger partial charge in [-0.1, -0.05) is 158 Å². The smallest absolute Gasteiger partial charge is 0.0646 e. The van der Waals surface area contributed by atoms with Gasteiger partial charge in [0, 0.05) is 26.8 Å². The Hall–Kier alpha value is -7.00. The van der Waals surface area contributed by atoms with E-state index in [0.29, 0.717) is 0 Å². The minimum atomic E-state index is 1.12. The van der Waals surface area contributed by atoms with Gasteiger partial charge in [-0.3, -0.25) is 0 Å². The molecule has 0 saturated carbocycles. The Morgan fingerprint density at radius 1 is 0.333 bits per heavy atom. The third kappa shape index (κ3) is 5.85. The summed E-state index contributed by atoms with van der Waals surface area (Å²) < 4.78 is 2.65. The van der Waals surface area contributed by atoms with Crippen LogP contribution in [-0.4, -0.2) is 0 Å². The first-order chi connectivity index (χ1) is 28.1. The molecule has 0 N–H and O–H groups in total. The van der Waals surface area contributed by atoms with E-state index in [9.17, 15) is 0 Å². The fourth-order valence-corrected chi connectivity index (χ4v) is 9.86. The minimum absolute atomic E-state index is 1.12. The molecule has 57 heavy (non-hydrogen) atoms. The molecule has 1 nitrogen and oxygen atoms in total. The quantitative estimate of drug-likeness (QED) is 0.164. The van der Waals surface area contributed by atoms with Gasteiger partial charge in [0.1, 0.15) is 0 Å². The van der Waals surface area contributed by atoms with Crippen molar-refractivity contribution in [2.45, 2.75) is 6.92 Å².